The third-order valence-corrected chi connectivity index (χ3v) is 4.08. The number of fused-ring (bicyclic) bond motifs is 1. The molecule has 3 rings (SSSR count). The molecule has 1 atom stereocenters. The Morgan fingerprint density at radius 1 is 1.20 bits per heavy atom. The van der Waals surface area contributed by atoms with Gasteiger partial charge >= 0.3 is 0 Å². The predicted molar refractivity (Wildman–Crippen MR) is 82.8 cm³/mol. The molecule has 0 saturated carbocycles. The number of nitrogens with two attached hydrogens (primary N) is 1. The number of benzene rings is 1. The van der Waals surface area contributed by atoms with Gasteiger partial charge in [0, 0.05) is 17.6 Å². The van der Waals surface area contributed by atoms with Gasteiger partial charge in [0.2, 0.25) is 0 Å². The van der Waals surface area contributed by atoms with Crippen LogP contribution in [0.3, 0.4) is 0 Å². The van der Waals surface area contributed by atoms with Crippen LogP contribution in [0, 0.1) is 0 Å². The highest BCUT2D eigenvalue weighted by molar-refractivity contribution is 5.83. The molecule has 0 aliphatic carbocycles. The van der Waals surface area contributed by atoms with E-state index in [4.69, 9.17) is 10.7 Å². The number of nitrogens with zero attached hydrogens (tertiary/aromatic N) is 2. The zero-order chi connectivity index (χ0) is 13.9. The van der Waals surface area contributed by atoms with Gasteiger partial charge in [0.15, 0.2) is 0 Å². The quantitative estimate of drug-likeness (QED) is 0.824. The van der Waals surface area contributed by atoms with E-state index < -0.39 is 0 Å². The van der Waals surface area contributed by atoms with Gasteiger partial charge in [0.25, 0.3) is 0 Å². The number of aliphatic hydroxyl groups excluding tert-OH is 1. The minimum atomic E-state index is 0.191. The third kappa shape index (κ3) is 2.56. The molecular weight excluding hydrogens is 250 g/mol. The van der Waals surface area contributed by atoms with Crippen molar-refractivity contribution < 1.29 is 5.11 Å². The summed E-state index contributed by atoms with van der Waals surface area (Å²) in [4.78, 5) is 6.99. The van der Waals surface area contributed by atoms with Crippen LogP contribution in [0.15, 0.2) is 30.3 Å². The van der Waals surface area contributed by atoms with E-state index in [0.717, 1.165) is 41.8 Å². The Hall–Kier alpha value is -1.81. The van der Waals surface area contributed by atoms with Crippen LogP contribution < -0.4 is 10.6 Å². The second kappa shape index (κ2) is 5.67. The summed E-state index contributed by atoms with van der Waals surface area (Å²) >= 11 is 0. The number of pyridine rings is 1. The van der Waals surface area contributed by atoms with E-state index in [2.05, 4.69) is 11.0 Å². The van der Waals surface area contributed by atoms with Crippen LogP contribution >= 0.6 is 0 Å². The van der Waals surface area contributed by atoms with E-state index in [1.165, 1.54) is 12.8 Å². The molecule has 1 fully saturated rings. The Morgan fingerprint density at radius 3 is 2.95 bits per heavy atom. The lowest BCUT2D eigenvalue weighted by Gasteiger charge is -2.29. The van der Waals surface area contributed by atoms with Crippen LogP contribution in [0.2, 0.25) is 0 Å². The molecule has 1 aliphatic heterocycles. The molecule has 106 valence electrons. The molecule has 2 heterocycles. The van der Waals surface area contributed by atoms with E-state index in [1.807, 2.05) is 24.3 Å². The fourth-order valence-electron chi connectivity index (χ4n) is 2.96. The molecule has 0 spiro atoms. The number of hydrogen-bond acceptors (Lipinski definition) is 4. The molecule has 1 aliphatic rings. The van der Waals surface area contributed by atoms with Crippen molar-refractivity contribution in [3.63, 3.8) is 0 Å². The maximum Gasteiger partial charge on any atom is 0.129 e. The number of aliphatic hydroxyl groups is 1. The normalized spacial score (nSPS) is 20.1. The molecule has 3 N–H and O–H groups in total. The highest BCUT2D eigenvalue weighted by Crippen LogP contribution is 2.25. The standard InChI is InChI=1S/C16H21N3O/c17-13-6-7-15-12(10-13)5-8-16(18-15)19-9-3-1-2-4-14(19)11-20/h5-8,10,14,20H,1-4,9,11,17H2. The summed E-state index contributed by atoms with van der Waals surface area (Å²) in [5.41, 5.74) is 7.51. The summed E-state index contributed by atoms with van der Waals surface area (Å²) < 4.78 is 0. The van der Waals surface area contributed by atoms with Crippen molar-refractivity contribution >= 4 is 22.4 Å². The van der Waals surface area contributed by atoms with Crippen LogP contribution in [0.5, 0.6) is 0 Å². The van der Waals surface area contributed by atoms with Gasteiger partial charge in [-0.15, -0.1) is 0 Å². The van der Waals surface area contributed by atoms with Crippen molar-refractivity contribution in [2.45, 2.75) is 31.7 Å². The summed E-state index contributed by atoms with van der Waals surface area (Å²) in [6.07, 6.45) is 4.62. The van der Waals surface area contributed by atoms with Crippen molar-refractivity contribution in [3.05, 3.63) is 30.3 Å². The average molecular weight is 271 g/mol. The van der Waals surface area contributed by atoms with Crippen molar-refractivity contribution in [2.24, 2.45) is 0 Å². The van der Waals surface area contributed by atoms with Gasteiger partial charge in [-0.2, -0.15) is 0 Å². The molecule has 1 unspecified atom stereocenters. The largest absolute Gasteiger partial charge is 0.399 e. The van der Waals surface area contributed by atoms with Crippen LogP contribution in [-0.2, 0) is 0 Å². The number of hydrogen-bond donors (Lipinski definition) is 2. The zero-order valence-electron chi connectivity index (χ0n) is 11.6. The minimum Gasteiger partial charge on any atom is -0.399 e. The SMILES string of the molecule is Nc1ccc2nc(N3CCCCCC3CO)ccc2c1. The molecular formula is C16H21N3O. The van der Waals surface area contributed by atoms with E-state index in [9.17, 15) is 5.11 Å². The summed E-state index contributed by atoms with van der Waals surface area (Å²) in [5, 5.41) is 10.7. The van der Waals surface area contributed by atoms with Gasteiger partial charge in [0.05, 0.1) is 18.2 Å². The first kappa shape index (κ1) is 13.2. The monoisotopic (exact) mass is 271 g/mol. The van der Waals surface area contributed by atoms with Crippen LogP contribution in [0.25, 0.3) is 10.9 Å². The molecule has 1 saturated heterocycles. The van der Waals surface area contributed by atoms with Crippen LogP contribution in [0.4, 0.5) is 11.5 Å². The van der Waals surface area contributed by atoms with Crippen LogP contribution in [0.1, 0.15) is 25.7 Å². The van der Waals surface area contributed by atoms with Crippen molar-refractivity contribution in [2.75, 3.05) is 23.8 Å². The van der Waals surface area contributed by atoms with Gasteiger partial charge in [-0.1, -0.05) is 12.8 Å². The Bertz CT molecular complexity index is 599. The molecule has 0 bridgehead atoms. The maximum atomic E-state index is 9.61. The number of anilines is 2. The second-order valence-electron chi connectivity index (χ2n) is 5.50. The maximum absolute atomic E-state index is 9.61. The van der Waals surface area contributed by atoms with Crippen molar-refractivity contribution in [1.82, 2.24) is 4.98 Å². The first-order valence-electron chi connectivity index (χ1n) is 7.32. The predicted octanol–water partition coefficient (Wildman–Crippen LogP) is 2.56. The summed E-state index contributed by atoms with van der Waals surface area (Å²) in [5.74, 6) is 0.961. The van der Waals surface area contributed by atoms with Crippen LogP contribution in [-0.4, -0.2) is 29.3 Å². The Morgan fingerprint density at radius 2 is 2.10 bits per heavy atom. The average Bonchev–Trinajstić information content (AvgIpc) is 2.71. The Labute approximate surface area is 119 Å². The lowest BCUT2D eigenvalue weighted by Crippen LogP contribution is -2.38. The van der Waals surface area contributed by atoms with E-state index in [-0.39, 0.29) is 12.6 Å². The molecule has 20 heavy (non-hydrogen) atoms. The third-order valence-electron chi connectivity index (χ3n) is 4.08. The van der Waals surface area contributed by atoms with Gasteiger partial charge in [-0.05, 0) is 43.2 Å². The van der Waals surface area contributed by atoms with Gasteiger partial charge < -0.3 is 15.7 Å². The molecule has 1 aromatic heterocycles. The molecule has 4 nitrogen and oxygen atoms in total. The lowest BCUT2D eigenvalue weighted by atomic mass is 10.1. The van der Waals surface area contributed by atoms with Gasteiger partial charge in [-0.25, -0.2) is 4.98 Å². The Balaban J connectivity index is 1.97. The molecule has 1 aromatic carbocycles. The number of aromatic nitrogens is 1. The minimum absolute atomic E-state index is 0.191. The smallest absolute Gasteiger partial charge is 0.129 e. The van der Waals surface area contributed by atoms with Gasteiger partial charge in [0.1, 0.15) is 5.82 Å². The zero-order valence-corrected chi connectivity index (χ0v) is 11.6. The summed E-state index contributed by atoms with van der Waals surface area (Å²) in [6, 6.07) is 10.1. The molecule has 0 amide bonds. The Kier molecular flexibility index (Phi) is 3.74. The van der Waals surface area contributed by atoms with E-state index in [1.54, 1.807) is 0 Å². The fraction of sp³-hybridized carbons (Fsp3) is 0.438. The number of nitrogen functional groups attached to an aromatic ring is 1. The molecule has 4 heteroatoms. The van der Waals surface area contributed by atoms with Crippen molar-refractivity contribution in [3.8, 4) is 0 Å². The highest BCUT2D eigenvalue weighted by atomic mass is 16.3. The second-order valence-corrected chi connectivity index (χ2v) is 5.50. The summed E-state index contributed by atoms with van der Waals surface area (Å²) in [7, 11) is 0. The molecule has 0 radical (unpaired) electrons. The van der Waals surface area contributed by atoms with E-state index >= 15 is 0 Å². The summed E-state index contributed by atoms with van der Waals surface area (Å²) in [6.45, 7) is 1.17. The fourth-order valence-corrected chi connectivity index (χ4v) is 2.96. The topological polar surface area (TPSA) is 62.4 Å². The molecule has 2 aromatic rings. The van der Waals surface area contributed by atoms with E-state index in [0.29, 0.717) is 0 Å². The van der Waals surface area contributed by atoms with Crippen molar-refractivity contribution in [1.29, 1.82) is 0 Å². The highest BCUT2D eigenvalue weighted by Gasteiger charge is 2.21. The first-order valence-corrected chi connectivity index (χ1v) is 7.32. The lowest BCUT2D eigenvalue weighted by molar-refractivity contribution is 0.254. The van der Waals surface area contributed by atoms with Gasteiger partial charge in [-0.3, -0.25) is 0 Å². The number of rotatable bonds is 2. The first-order chi connectivity index (χ1) is 9.78.